The number of nitrogens with two attached hydrogens (primary N) is 1. The topological polar surface area (TPSA) is 64.7 Å². The summed E-state index contributed by atoms with van der Waals surface area (Å²) in [6.07, 6.45) is 3.18. The van der Waals surface area contributed by atoms with E-state index in [1.165, 1.54) is 6.20 Å². The lowest BCUT2D eigenvalue weighted by Crippen LogP contribution is -1.92. The van der Waals surface area contributed by atoms with Crippen LogP contribution in [0, 0.1) is 0 Å². The molecule has 0 atom stereocenters. The first-order chi connectivity index (χ1) is 5.38. The number of fused-ring (bicyclic) bond motifs is 1. The second-order valence-corrected chi connectivity index (χ2v) is 2.17. The molecule has 0 radical (unpaired) electrons. The Labute approximate surface area is 63.1 Å². The van der Waals surface area contributed by atoms with E-state index in [0.29, 0.717) is 11.2 Å². The second kappa shape index (κ2) is 2.16. The maximum absolute atomic E-state index is 5.59. The highest BCUT2D eigenvalue weighted by Gasteiger charge is 1.97. The molecule has 0 aliphatic carbocycles. The zero-order chi connectivity index (χ0) is 7.68. The molecule has 2 aromatic rings. The lowest BCUT2D eigenvalue weighted by molar-refractivity contribution is 1.07. The lowest BCUT2D eigenvalue weighted by atomic mass is 10.3. The van der Waals surface area contributed by atoms with Gasteiger partial charge in [0.15, 0.2) is 0 Å². The van der Waals surface area contributed by atoms with Crippen LogP contribution in [0.3, 0.4) is 0 Å². The van der Waals surface area contributed by atoms with Crippen LogP contribution in [0.25, 0.3) is 11.0 Å². The van der Waals surface area contributed by atoms with Crippen molar-refractivity contribution in [1.29, 1.82) is 0 Å². The Kier molecular flexibility index (Phi) is 1.18. The fourth-order valence-corrected chi connectivity index (χ4v) is 0.914. The van der Waals surface area contributed by atoms with Crippen molar-refractivity contribution in [3.63, 3.8) is 0 Å². The fraction of sp³-hybridized carbons (Fsp3) is 0. The Hall–Kier alpha value is -1.71. The third kappa shape index (κ3) is 0.881. The average Bonchev–Trinajstić information content (AvgIpc) is 2.06. The zero-order valence-electron chi connectivity index (χ0n) is 5.73. The Morgan fingerprint density at radius 1 is 1.36 bits per heavy atom. The molecule has 4 nitrogen and oxygen atoms in total. The summed E-state index contributed by atoms with van der Waals surface area (Å²) in [4.78, 5) is 4.05. The molecule has 2 N–H and O–H groups in total. The molecular formula is C7H6N4. The summed E-state index contributed by atoms with van der Waals surface area (Å²) in [6, 6.07) is 3.63. The summed E-state index contributed by atoms with van der Waals surface area (Å²) in [5, 5.41) is 7.55. The minimum atomic E-state index is 0.565. The molecule has 11 heavy (non-hydrogen) atoms. The van der Waals surface area contributed by atoms with Crippen LogP contribution in [-0.2, 0) is 0 Å². The van der Waals surface area contributed by atoms with Gasteiger partial charge in [0.25, 0.3) is 0 Å². The van der Waals surface area contributed by atoms with Gasteiger partial charge in [-0.2, -0.15) is 5.10 Å². The second-order valence-electron chi connectivity index (χ2n) is 2.17. The maximum atomic E-state index is 5.59. The first kappa shape index (κ1) is 6.03. The molecule has 2 heterocycles. The van der Waals surface area contributed by atoms with Gasteiger partial charge in [0.05, 0.1) is 11.9 Å². The molecule has 0 saturated heterocycles. The SMILES string of the molecule is Nc1cnnc2cccnc12. The van der Waals surface area contributed by atoms with Crippen molar-refractivity contribution in [2.75, 3.05) is 5.73 Å². The van der Waals surface area contributed by atoms with Gasteiger partial charge in [0.2, 0.25) is 0 Å². The normalized spacial score (nSPS) is 10.2. The van der Waals surface area contributed by atoms with Gasteiger partial charge in [-0.3, -0.25) is 4.98 Å². The molecule has 0 bridgehead atoms. The van der Waals surface area contributed by atoms with Crippen LogP contribution in [0.15, 0.2) is 24.5 Å². The van der Waals surface area contributed by atoms with E-state index in [-0.39, 0.29) is 0 Å². The van der Waals surface area contributed by atoms with Crippen molar-refractivity contribution in [3.05, 3.63) is 24.5 Å². The van der Waals surface area contributed by atoms with Gasteiger partial charge in [0, 0.05) is 6.20 Å². The fourth-order valence-electron chi connectivity index (χ4n) is 0.914. The van der Waals surface area contributed by atoms with E-state index >= 15 is 0 Å². The quantitative estimate of drug-likeness (QED) is 0.591. The molecular weight excluding hydrogens is 140 g/mol. The van der Waals surface area contributed by atoms with Crippen LogP contribution in [0.1, 0.15) is 0 Å². The molecule has 2 aromatic heterocycles. The third-order valence-electron chi connectivity index (χ3n) is 1.42. The highest BCUT2D eigenvalue weighted by Crippen LogP contribution is 2.12. The summed E-state index contributed by atoms with van der Waals surface area (Å²) in [5.41, 5.74) is 7.60. The molecule has 0 aromatic carbocycles. The van der Waals surface area contributed by atoms with Crippen molar-refractivity contribution in [2.45, 2.75) is 0 Å². The largest absolute Gasteiger partial charge is 0.396 e. The molecule has 0 aliphatic heterocycles. The van der Waals surface area contributed by atoms with E-state index in [4.69, 9.17) is 5.73 Å². The molecule has 54 valence electrons. The first-order valence-corrected chi connectivity index (χ1v) is 3.20. The number of nitrogens with zero attached hydrogens (tertiary/aromatic N) is 3. The summed E-state index contributed by atoms with van der Waals surface area (Å²) >= 11 is 0. The summed E-state index contributed by atoms with van der Waals surface area (Å²) in [6.45, 7) is 0. The van der Waals surface area contributed by atoms with E-state index in [9.17, 15) is 0 Å². The predicted octanol–water partition coefficient (Wildman–Crippen LogP) is 0.607. The maximum Gasteiger partial charge on any atom is 0.115 e. The highest BCUT2D eigenvalue weighted by molar-refractivity contribution is 5.84. The van der Waals surface area contributed by atoms with Crippen LogP contribution < -0.4 is 5.73 Å². The Bertz CT molecular complexity index is 380. The van der Waals surface area contributed by atoms with Crippen molar-refractivity contribution >= 4 is 16.7 Å². The van der Waals surface area contributed by atoms with E-state index < -0.39 is 0 Å². The zero-order valence-corrected chi connectivity index (χ0v) is 5.73. The number of pyridine rings is 1. The number of rotatable bonds is 0. The molecule has 0 aliphatic rings. The number of nitrogen functional groups attached to an aromatic ring is 1. The number of anilines is 1. The van der Waals surface area contributed by atoms with Gasteiger partial charge in [-0.05, 0) is 12.1 Å². The van der Waals surface area contributed by atoms with Crippen LogP contribution in [0.2, 0.25) is 0 Å². The molecule has 4 heteroatoms. The lowest BCUT2D eigenvalue weighted by Gasteiger charge is -1.95. The van der Waals surface area contributed by atoms with Crippen LogP contribution >= 0.6 is 0 Å². The Morgan fingerprint density at radius 3 is 3.09 bits per heavy atom. The minimum absolute atomic E-state index is 0.565. The molecule has 0 spiro atoms. The smallest absolute Gasteiger partial charge is 0.115 e. The summed E-state index contributed by atoms with van der Waals surface area (Å²) in [7, 11) is 0. The van der Waals surface area contributed by atoms with Gasteiger partial charge >= 0.3 is 0 Å². The van der Waals surface area contributed by atoms with Gasteiger partial charge < -0.3 is 5.73 Å². The van der Waals surface area contributed by atoms with Crippen molar-refractivity contribution in [3.8, 4) is 0 Å². The van der Waals surface area contributed by atoms with Crippen molar-refractivity contribution in [1.82, 2.24) is 15.2 Å². The number of hydrogen-bond donors (Lipinski definition) is 1. The first-order valence-electron chi connectivity index (χ1n) is 3.20. The highest BCUT2D eigenvalue weighted by atomic mass is 15.1. The van der Waals surface area contributed by atoms with Gasteiger partial charge in [0.1, 0.15) is 11.0 Å². The number of aromatic nitrogens is 3. The minimum Gasteiger partial charge on any atom is -0.396 e. The molecule has 0 unspecified atom stereocenters. The van der Waals surface area contributed by atoms with Gasteiger partial charge in [-0.1, -0.05) is 0 Å². The molecule has 0 amide bonds. The van der Waals surface area contributed by atoms with Crippen molar-refractivity contribution < 1.29 is 0 Å². The standard InChI is InChI=1S/C7H6N4/c8-5-4-10-11-6-2-1-3-9-7(5)6/h1-4H,(H2,8,11). The molecule has 0 saturated carbocycles. The van der Waals surface area contributed by atoms with Gasteiger partial charge in [-0.25, -0.2) is 0 Å². The van der Waals surface area contributed by atoms with E-state index in [0.717, 1.165) is 5.52 Å². The van der Waals surface area contributed by atoms with Crippen molar-refractivity contribution in [2.24, 2.45) is 0 Å². The third-order valence-corrected chi connectivity index (χ3v) is 1.42. The Balaban J connectivity index is 2.91. The predicted molar refractivity (Wildman–Crippen MR) is 41.7 cm³/mol. The van der Waals surface area contributed by atoms with E-state index in [2.05, 4.69) is 15.2 Å². The number of hydrogen-bond acceptors (Lipinski definition) is 4. The van der Waals surface area contributed by atoms with Crippen LogP contribution in [-0.4, -0.2) is 15.2 Å². The molecule has 2 rings (SSSR count). The van der Waals surface area contributed by atoms with Gasteiger partial charge in [-0.15, -0.1) is 5.10 Å². The van der Waals surface area contributed by atoms with Crippen LogP contribution in [0.4, 0.5) is 5.69 Å². The monoisotopic (exact) mass is 146 g/mol. The summed E-state index contributed by atoms with van der Waals surface area (Å²) in [5.74, 6) is 0. The van der Waals surface area contributed by atoms with E-state index in [1.54, 1.807) is 12.3 Å². The van der Waals surface area contributed by atoms with E-state index in [1.807, 2.05) is 6.07 Å². The molecule has 0 fully saturated rings. The average molecular weight is 146 g/mol. The summed E-state index contributed by atoms with van der Waals surface area (Å²) < 4.78 is 0. The van der Waals surface area contributed by atoms with Crippen LogP contribution in [0.5, 0.6) is 0 Å². The Morgan fingerprint density at radius 2 is 2.27 bits per heavy atom.